The van der Waals surface area contributed by atoms with Crippen LogP contribution < -0.4 is 25.6 Å². The summed E-state index contributed by atoms with van der Waals surface area (Å²) in [6.07, 6.45) is 0.373. The summed E-state index contributed by atoms with van der Waals surface area (Å²) in [6.45, 7) is 4.06. The minimum atomic E-state index is -1.78. The molecule has 2 amide bonds. The second-order valence-corrected chi connectivity index (χ2v) is 8.25. The van der Waals surface area contributed by atoms with E-state index in [1.54, 1.807) is 18.2 Å². The highest BCUT2D eigenvalue weighted by molar-refractivity contribution is 6.04. The summed E-state index contributed by atoms with van der Waals surface area (Å²) in [5, 5.41) is 14.4. The number of aliphatic carboxylic acids is 1. The zero-order valence-corrected chi connectivity index (χ0v) is 20.4. The number of rotatable bonds is 14. The predicted molar refractivity (Wildman–Crippen MR) is 129 cm³/mol. The molecule has 0 saturated carbocycles. The summed E-state index contributed by atoms with van der Waals surface area (Å²) in [6, 6.07) is 11.8. The number of amides is 2. The van der Waals surface area contributed by atoms with Gasteiger partial charge in [-0.2, -0.15) is 5.48 Å². The van der Waals surface area contributed by atoms with Crippen LogP contribution in [0.5, 0.6) is 11.5 Å². The number of carbonyl (C=O) groups excluding carboxylic acids is 2. The molecule has 2 aromatic carbocycles. The average molecular weight is 488 g/mol. The molecule has 1 unspecified atom stereocenters. The quantitative estimate of drug-likeness (QED) is 0.235. The van der Waals surface area contributed by atoms with Gasteiger partial charge in [0, 0.05) is 18.2 Å². The van der Waals surface area contributed by atoms with Crippen LogP contribution >= 0.6 is 0 Å². The Balaban J connectivity index is 2.01. The maximum absolute atomic E-state index is 12.9. The van der Waals surface area contributed by atoms with Gasteiger partial charge >= 0.3 is 5.97 Å². The van der Waals surface area contributed by atoms with E-state index in [1.165, 1.54) is 14.2 Å². The van der Waals surface area contributed by atoms with Gasteiger partial charge in [0.1, 0.15) is 17.5 Å². The van der Waals surface area contributed by atoms with Crippen molar-refractivity contribution in [2.75, 3.05) is 14.2 Å². The maximum Gasteiger partial charge on any atom is 0.336 e. The number of carbonyl (C=O) groups is 3. The Morgan fingerprint density at radius 3 is 2.29 bits per heavy atom. The summed E-state index contributed by atoms with van der Waals surface area (Å²) < 4.78 is 10.4. The third-order valence-electron chi connectivity index (χ3n) is 5.07. The van der Waals surface area contributed by atoms with Crippen LogP contribution in [0.15, 0.2) is 48.5 Å². The van der Waals surface area contributed by atoms with E-state index in [4.69, 9.17) is 14.3 Å². The van der Waals surface area contributed by atoms with Gasteiger partial charge in [0.05, 0.1) is 20.8 Å². The van der Waals surface area contributed by atoms with Crippen molar-refractivity contribution < 1.29 is 33.8 Å². The minimum Gasteiger partial charge on any atom is -0.497 e. The van der Waals surface area contributed by atoms with Crippen molar-refractivity contribution in [3.05, 3.63) is 59.7 Å². The molecule has 0 aliphatic rings. The molecule has 10 heteroatoms. The van der Waals surface area contributed by atoms with Gasteiger partial charge in [-0.15, -0.1) is 0 Å². The van der Waals surface area contributed by atoms with E-state index in [1.807, 2.05) is 44.2 Å². The van der Waals surface area contributed by atoms with Crippen LogP contribution in [0.1, 0.15) is 31.4 Å². The first-order valence-corrected chi connectivity index (χ1v) is 11.2. The Morgan fingerprint density at radius 1 is 0.971 bits per heavy atom. The molecule has 0 aliphatic carbocycles. The Bertz CT molecular complexity index is 982. The van der Waals surface area contributed by atoms with E-state index in [0.717, 1.165) is 5.56 Å². The maximum atomic E-state index is 12.9. The molecule has 10 nitrogen and oxygen atoms in total. The molecule has 4 N–H and O–H groups in total. The van der Waals surface area contributed by atoms with Crippen LogP contribution in [0, 0.1) is 5.92 Å². The Hall–Kier alpha value is -3.63. The number of hydrogen-bond acceptors (Lipinski definition) is 7. The Labute approximate surface area is 204 Å². The van der Waals surface area contributed by atoms with E-state index >= 15 is 0 Å². The summed E-state index contributed by atoms with van der Waals surface area (Å²) in [5.74, 6) is -1.85. The van der Waals surface area contributed by atoms with Crippen molar-refractivity contribution in [2.45, 2.75) is 45.5 Å². The molecule has 0 fully saturated rings. The third kappa shape index (κ3) is 8.91. The van der Waals surface area contributed by atoms with Gasteiger partial charge < -0.3 is 25.2 Å². The first-order chi connectivity index (χ1) is 16.7. The van der Waals surface area contributed by atoms with Gasteiger partial charge in [0.25, 0.3) is 5.91 Å². The summed E-state index contributed by atoms with van der Waals surface area (Å²) in [5.41, 5.74) is 4.22. The molecule has 0 aromatic heterocycles. The zero-order chi connectivity index (χ0) is 25.8. The molecule has 35 heavy (non-hydrogen) atoms. The van der Waals surface area contributed by atoms with E-state index in [2.05, 4.69) is 16.1 Å². The predicted octanol–water partition coefficient (Wildman–Crippen LogP) is 2.03. The first kappa shape index (κ1) is 27.6. The monoisotopic (exact) mass is 487 g/mol. The molecule has 2 atom stereocenters. The van der Waals surface area contributed by atoms with Crippen LogP contribution in [-0.4, -0.2) is 49.2 Å². The highest BCUT2D eigenvalue weighted by Gasteiger charge is 2.31. The molecule has 0 heterocycles. The summed E-state index contributed by atoms with van der Waals surface area (Å²) >= 11 is 0. The molecule has 190 valence electrons. The molecular formula is C25H33N3O7. The number of carboxylic acid groups (broad SMARTS) is 1. The van der Waals surface area contributed by atoms with Crippen molar-refractivity contribution in [3.8, 4) is 11.5 Å². The normalized spacial score (nSPS) is 12.5. The SMILES string of the molecule is COc1ccc(CNC(=O)C(NC(=O)[C@H](CC(C)C)NOCc2ccccc2)C(=O)O)c(OC)c1. The second-order valence-electron chi connectivity index (χ2n) is 8.25. The van der Waals surface area contributed by atoms with Gasteiger partial charge in [-0.1, -0.05) is 44.2 Å². The Morgan fingerprint density at radius 2 is 1.69 bits per heavy atom. The van der Waals surface area contributed by atoms with Crippen LogP contribution in [-0.2, 0) is 32.4 Å². The van der Waals surface area contributed by atoms with Gasteiger partial charge in [0.15, 0.2) is 0 Å². The van der Waals surface area contributed by atoms with Crippen LogP contribution in [0.3, 0.4) is 0 Å². The standard InChI is InChI=1S/C25H33N3O7/c1-16(2)12-20(28-35-15-17-8-6-5-7-9-17)23(29)27-22(25(31)32)24(30)26-14-18-10-11-19(33-3)13-21(18)34-4/h5-11,13,16,20,22,28H,12,14-15H2,1-4H3,(H,26,30)(H,27,29)(H,31,32)/t20-,22?/m0/s1. The fourth-order valence-corrected chi connectivity index (χ4v) is 3.24. The highest BCUT2D eigenvalue weighted by Crippen LogP contribution is 2.24. The van der Waals surface area contributed by atoms with E-state index < -0.39 is 29.9 Å². The van der Waals surface area contributed by atoms with E-state index in [0.29, 0.717) is 23.5 Å². The van der Waals surface area contributed by atoms with E-state index in [9.17, 15) is 19.5 Å². The van der Waals surface area contributed by atoms with Crippen molar-refractivity contribution in [1.29, 1.82) is 0 Å². The van der Waals surface area contributed by atoms with Gasteiger partial charge in [-0.05, 0) is 30.0 Å². The summed E-state index contributed by atoms with van der Waals surface area (Å²) in [4.78, 5) is 42.7. The Kier molecular flexibility index (Phi) is 11.0. The summed E-state index contributed by atoms with van der Waals surface area (Å²) in [7, 11) is 2.99. The number of hydroxylamine groups is 1. The first-order valence-electron chi connectivity index (χ1n) is 11.2. The lowest BCUT2D eigenvalue weighted by Gasteiger charge is -2.22. The largest absolute Gasteiger partial charge is 0.497 e. The lowest BCUT2D eigenvalue weighted by Crippen LogP contribution is -2.56. The molecule has 0 radical (unpaired) electrons. The van der Waals surface area contributed by atoms with Crippen molar-refractivity contribution in [2.24, 2.45) is 5.92 Å². The number of methoxy groups -OCH3 is 2. The minimum absolute atomic E-state index is 0.000485. The highest BCUT2D eigenvalue weighted by atomic mass is 16.6. The average Bonchev–Trinajstić information content (AvgIpc) is 2.85. The molecule has 2 aromatic rings. The molecule has 0 bridgehead atoms. The lowest BCUT2D eigenvalue weighted by molar-refractivity contribution is -0.147. The van der Waals surface area contributed by atoms with Crippen LogP contribution in [0.2, 0.25) is 0 Å². The van der Waals surface area contributed by atoms with Crippen molar-refractivity contribution in [1.82, 2.24) is 16.1 Å². The van der Waals surface area contributed by atoms with Gasteiger partial charge in [0.2, 0.25) is 11.9 Å². The molecular weight excluding hydrogens is 454 g/mol. The zero-order valence-electron chi connectivity index (χ0n) is 20.4. The number of carboxylic acids is 1. The molecule has 2 rings (SSSR count). The number of benzene rings is 2. The number of hydrogen-bond donors (Lipinski definition) is 4. The molecule has 0 saturated heterocycles. The fraction of sp³-hybridized carbons (Fsp3) is 0.400. The van der Waals surface area contributed by atoms with Crippen molar-refractivity contribution in [3.63, 3.8) is 0 Å². The number of nitrogens with one attached hydrogen (secondary N) is 3. The third-order valence-corrected chi connectivity index (χ3v) is 5.07. The lowest BCUT2D eigenvalue weighted by atomic mass is 10.0. The van der Waals surface area contributed by atoms with Crippen LogP contribution in [0.4, 0.5) is 0 Å². The van der Waals surface area contributed by atoms with E-state index in [-0.39, 0.29) is 19.1 Å². The number of ether oxygens (including phenoxy) is 2. The topological polar surface area (TPSA) is 135 Å². The molecule has 0 spiro atoms. The van der Waals surface area contributed by atoms with Crippen molar-refractivity contribution >= 4 is 17.8 Å². The smallest absolute Gasteiger partial charge is 0.336 e. The van der Waals surface area contributed by atoms with Gasteiger partial charge in [-0.3, -0.25) is 14.4 Å². The second kappa shape index (κ2) is 13.9. The van der Waals surface area contributed by atoms with Gasteiger partial charge in [-0.25, -0.2) is 4.79 Å². The van der Waals surface area contributed by atoms with Crippen LogP contribution in [0.25, 0.3) is 0 Å². The molecule has 0 aliphatic heterocycles. The fourth-order valence-electron chi connectivity index (χ4n) is 3.24.